The van der Waals surface area contributed by atoms with Crippen LogP contribution in [0.25, 0.3) is 0 Å². The fraction of sp³-hybridized carbons (Fsp3) is 0.381. The van der Waals surface area contributed by atoms with Gasteiger partial charge in [-0.05, 0) is 48.1 Å². The lowest BCUT2D eigenvalue weighted by atomic mass is 9.54. The first-order chi connectivity index (χ1) is 12.5. The van der Waals surface area contributed by atoms with Crippen LogP contribution in [-0.2, 0) is 23.7 Å². The summed E-state index contributed by atoms with van der Waals surface area (Å²) in [5.74, 6) is 0.627. The van der Waals surface area contributed by atoms with E-state index in [1.807, 2.05) is 55.2 Å². The summed E-state index contributed by atoms with van der Waals surface area (Å²) >= 11 is 0. The molecule has 2 aromatic rings. The Labute approximate surface area is 152 Å². The van der Waals surface area contributed by atoms with E-state index in [0.29, 0.717) is 0 Å². The molecule has 132 valence electrons. The number of Topliss-reactive ketones (excluding diaryl/α,β-unsaturated/α-hetero) is 1. The number of hydrogen-bond acceptors (Lipinski definition) is 4. The molecular formula is C21H21N3O2. The fourth-order valence-electron chi connectivity index (χ4n) is 4.85. The molecule has 2 aliphatic carbocycles. The Morgan fingerprint density at radius 1 is 1.35 bits per heavy atom. The number of allylic oxidation sites excluding steroid dienone is 2. The second-order valence-corrected chi connectivity index (χ2v) is 7.21. The van der Waals surface area contributed by atoms with Crippen LogP contribution in [0.3, 0.4) is 0 Å². The van der Waals surface area contributed by atoms with Crippen molar-refractivity contribution in [2.24, 2.45) is 18.9 Å². The number of aryl methyl sites for hydroxylation is 2. The zero-order chi connectivity index (χ0) is 18.5. The van der Waals surface area contributed by atoms with Gasteiger partial charge in [-0.1, -0.05) is 19.1 Å². The van der Waals surface area contributed by atoms with Crippen molar-refractivity contribution in [1.82, 2.24) is 9.78 Å². The van der Waals surface area contributed by atoms with Crippen molar-refractivity contribution < 1.29 is 9.53 Å². The number of carbonyl (C=O) groups excluding carboxylic acids is 1. The van der Waals surface area contributed by atoms with Crippen molar-refractivity contribution in [3.8, 4) is 11.8 Å². The number of fused-ring (bicyclic) bond motifs is 3. The van der Waals surface area contributed by atoms with Crippen LogP contribution in [-0.4, -0.2) is 22.7 Å². The van der Waals surface area contributed by atoms with Crippen LogP contribution in [0.1, 0.15) is 30.2 Å². The third kappa shape index (κ3) is 2.08. The molecule has 1 heterocycles. The molecule has 5 nitrogen and oxygen atoms in total. The molecular weight excluding hydrogens is 326 g/mol. The monoisotopic (exact) mass is 347 g/mol. The largest absolute Gasteiger partial charge is 0.497 e. The summed E-state index contributed by atoms with van der Waals surface area (Å²) in [6.45, 7) is 1.96. The number of benzene rings is 1. The Bertz CT molecular complexity index is 949. The minimum atomic E-state index is -0.524. The van der Waals surface area contributed by atoms with Crippen LogP contribution in [0.2, 0.25) is 0 Å². The number of carbonyl (C=O) groups is 1. The second kappa shape index (κ2) is 5.84. The summed E-state index contributed by atoms with van der Waals surface area (Å²) in [4.78, 5) is 12.7. The molecule has 2 aliphatic rings. The Balaban J connectivity index is 2.06. The van der Waals surface area contributed by atoms with E-state index in [4.69, 9.17) is 4.74 Å². The van der Waals surface area contributed by atoms with Gasteiger partial charge >= 0.3 is 0 Å². The van der Waals surface area contributed by atoms with Gasteiger partial charge in [0.1, 0.15) is 11.8 Å². The van der Waals surface area contributed by atoms with Crippen LogP contribution in [0.5, 0.6) is 5.75 Å². The molecule has 0 N–H and O–H groups in total. The van der Waals surface area contributed by atoms with E-state index < -0.39 is 5.41 Å². The predicted octanol–water partition coefficient (Wildman–Crippen LogP) is 2.95. The predicted molar refractivity (Wildman–Crippen MR) is 96.7 cm³/mol. The van der Waals surface area contributed by atoms with Gasteiger partial charge in [0.05, 0.1) is 30.0 Å². The van der Waals surface area contributed by atoms with E-state index in [1.165, 1.54) is 5.56 Å². The summed E-state index contributed by atoms with van der Waals surface area (Å²) in [5, 5.41) is 14.1. The van der Waals surface area contributed by atoms with Crippen molar-refractivity contribution in [3.05, 3.63) is 58.9 Å². The van der Waals surface area contributed by atoms with Gasteiger partial charge in [0, 0.05) is 13.0 Å². The Morgan fingerprint density at radius 2 is 2.08 bits per heavy atom. The number of aromatic nitrogens is 2. The van der Waals surface area contributed by atoms with Crippen LogP contribution >= 0.6 is 0 Å². The summed E-state index contributed by atoms with van der Waals surface area (Å²) in [7, 11) is 3.58. The first-order valence-corrected chi connectivity index (χ1v) is 8.86. The van der Waals surface area contributed by atoms with Gasteiger partial charge in [-0.2, -0.15) is 10.4 Å². The van der Waals surface area contributed by atoms with Crippen LogP contribution in [0.15, 0.2) is 42.1 Å². The standard InChI is InChI=1S/C21H21N3O2/c1-13-18-9-4-14-12-23-24(2)20(14)21(18,10-15(11-22)19(13)25)16-5-7-17(26-3)8-6-16/h5-8,10,12-13,18H,4,9H2,1-3H3/t13?,18?,21-/m1/s1. The minimum absolute atomic E-state index is 0.0488. The summed E-state index contributed by atoms with van der Waals surface area (Å²) in [6, 6.07) is 10.1. The number of ether oxygens (including phenoxy) is 1. The molecule has 0 saturated carbocycles. The molecule has 0 amide bonds. The van der Waals surface area contributed by atoms with E-state index in [2.05, 4.69) is 11.2 Å². The highest BCUT2D eigenvalue weighted by Crippen LogP contribution is 2.53. The first-order valence-electron chi connectivity index (χ1n) is 8.86. The lowest BCUT2D eigenvalue weighted by molar-refractivity contribution is -0.121. The molecule has 0 fully saturated rings. The molecule has 0 bridgehead atoms. The van der Waals surface area contributed by atoms with Gasteiger partial charge in [0.2, 0.25) is 0 Å². The van der Waals surface area contributed by atoms with E-state index in [9.17, 15) is 10.1 Å². The Hall–Kier alpha value is -2.87. The summed E-state index contributed by atoms with van der Waals surface area (Å²) < 4.78 is 7.21. The van der Waals surface area contributed by atoms with E-state index >= 15 is 0 Å². The minimum Gasteiger partial charge on any atom is -0.497 e. The lowest BCUT2D eigenvalue weighted by Crippen LogP contribution is -2.48. The zero-order valence-electron chi connectivity index (χ0n) is 15.2. The van der Waals surface area contributed by atoms with Gasteiger partial charge in [0.15, 0.2) is 5.78 Å². The number of rotatable bonds is 2. The zero-order valence-corrected chi connectivity index (χ0v) is 15.2. The SMILES string of the molecule is COc1ccc([C@]23C=C(C#N)C(=O)C(C)C2CCc2cnn(C)c23)cc1. The van der Waals surface area contributed by atoms with Crippen molar-refractivity contribution in [2.45, 2.75) is 25.2 Å². The second-order valence-electron chi connectivity index (χ2n) is 7.21. The molecule has 0 saturated heterocycles. The fourth-order valence-corrected chi connectivity index (χ4v) is 4.85. The molecule has 5 heteroatoms. The number of ketones is 1. The Morgan fingerprint density at radius 3 is 2.73 bits per heavy atom. The highest BCUT2D eigenvalue weighted by atomic mass is 16.5. The number of hydrogen-bond donors (Lipinski definition) is 0. The number of nitriles is 1. The van der Waals surface area contributed by atoms with E-state index in [0.717, 1.165) is 29.8 Å². The van der Waals surface area contributed by atoms with Gasteiger partial charge in [0.25, 0.3) is 0 Å². The van der Waals surface area contributed by atoms with Crippen molar-refractivity contribution in [2.75, 3.05) is 7.11 Å². The van der Waals surface area contributed by atoms with Gasteiger partial charge < -0.3 is 4.74 Å². The molecule has 26 heavy (non-hydrogen) atoms. The van der Waals surface area contributed by atoms with Gasteiger partial charge in [-0.3, -0.25) is 9.48 Å². The maximum absolute atomic E-state index is 12.7. The van der Waals surface area contributed by atoms with Crippen LogP contribution < -0.4 is 4.74 Å². The summed E-state index contributed by atoms with van der Waals surface area (Å²) in [6.07, 6.45) is 5.60. The molecule has 0 radical (unpaired) electrons. The van der Waals surface area contributed by atoms with Crippen LogP contribution in [0, 0.1) is 23.2 Å². The molecule has 4 rings (SSSR count). The van der Waals surface area contributed by atoms with E-state index in [-0.39, 0.29) is 23.2 Å². The molecule has 3 atom stereocenters. The lowest BCUT2D eigenvalue weighted by Gasteiger charge is -2.47. The molecule has 1 aromatic carbocycles. The average Bonchev–Trinajstić information content (AvgIpc) is 3.06. The normalized spacial score (nSPS) is 27.2. The van der Waals surface area contributed by atoms with Crippen LogP contribution in [0.4, 0.5) is 0 Å². The Kier molecular flexibility index (Phi) is 3.73. The van der Waals surface area contributed by atoms with Crippen molar-refractivity contribution in [3.63, 3.8) is 0 Å². The number of nitrogens with zero attached hydrogens (tertiary/aromatic N) is 3. The van der Waals surface area contributed by atoms with E-state index in [1.54, 1.807) is 7.11 Å². The quantitative estimate of drug-likeness (QED) is 0.838. The molecule has 1 aromatic heterocycles. The maximum Gasteiger partial charge on any atom is 0.176 e. The number of methoxy groups -OCH3 is 1. The van der Waals surface area contributed by atoms with Gasteiger partial charge in [-0.25, -0.2) is 0 Å². The molecule has 0 spiro atoms. The highest BCUT2D eigenvalue weighted by Gasteiger charge is 2.53. The van der Waals surface area contributed by atoms with Crippen molar-refractivity contribution >= 4 is 5.78 Å². The molecule has 0 aliphatic heterocycles. The summed E-state index contributed by atoms with van der Waals surface area (Å²) in [5.41, 5.74) is 3.07. The van der Waals surface area contributed by atoms with Crippen molar-refractivity contribution in [1.29, 1.82) is 5.26 Å². The third-order valence-electron chi connectivity index (χ3n) is 6.06. The topological polar surface area (TPSA) is 67.9 Å². The average molecular weight is 347 g/mol. The molecule has 2 unspecified atom stereocenters. The third-order valence-corrected chi connectivity index (χ3v) is 6.06. The maximum atomic E-state index is 12.7. The van der Waals surface area contributed by atoms with Gasteiger partial charge in [-0.15, -0.1) is 0 Å². The smallest absolute Gasteiger partial charge is 0.176 e. The first kappa shape index (κ1) is 16.6. The highest BCUT2D eigenvalue weighted by molar-refractivity contribution is 6.02.